The van der Waals surface area contributed by atoms with E-state index in [0.29, 0.717) is 5.92 Å². The second kappa shape index (κ2) is 4.27. The van der Waals surface area contributed by atoms with Gasteiger partial charge in [-0.15, -0.1) is 0 Å². The van der Waals surface area contributed by atoms with Crippen molar-refractivity contribution in [1.82, 2.24) is 0 Å². The smallest absolute Gasteiger partial charge is 0.0528 e. The minimum absolute atomic E-state index is 0.495. The van der Waals surface area contributed by atoms with Gasteiger partial charge < -0.3 is 4.74 Å². The standard InChI is InChI=1S/C11H16O/c1-9-5-4-6-11(7-9)10(2)8-12-3/h4-7,10H,8H2,1-3H3. The number of methoxy groups -OCH3 is 1. The predicted molar refractivity (Wildman–Crippen MR) is 51.5 cm³/mol. The summed E-state index contributed by atoms with van der Waals surface area (Å²) < 4.78 is 5.10. The van der Waals surface area contributed by atoms with Crippen LogP contribution in [0.5, 0.6) is 0 Å². The van der Waals surface area contributed by atoms with Crippen LogP contribution in [-0.2, 0) is 4.74 Å². The third-order valence-electron chi connectivity index (χ3n) is 2.03. The Morgan fingerprint density at radius 2 is 2.17 bits per heavy atom. The van der Waals surface area contributed by atoms with E-state index in [2.05, 4.69) is 38.1 Å². The molecule has 0 saturated carbocycles. The summed E-state index contributed by atoms with van der Waals surface area (Å²) in [4.78, 5) is 0. The second-order valence-corrected chi connectivity index (χ2v) is 3.27. The van der Waals surface area contributed by atoms with Gasteiger partial charge in [-0.3, -0.25) is 0 Å². The highest BCUT2D eigenvalue weighted by Crippen LogP contribution is 2.15. The Bertz CT molecular complexity index is 243. The molecule has 0 spiro atoms. The molecule has 12 heavy (non-hydrogen) atoms. The van der Waals surface area contributed by atoms with Gasteiger partial charge in [0.15, 0.2) is 0 Å². The lowest BCUT2D eigenvalue weighted by atomic mass is 10.0. The van der Waals surface area contributed by atoms with E-state index >= 15 is 0 Å². The number of ether oxygens (including phenoxy) is 1. The van der Waals surface area contributed by atoms with Gasteiger partial charge in [0, 0.05) is 13.0 Å². The van der Waals surface area contributed by atoms with Gasteiger partial charge in [-0.2, -0.15) is 0 Å². The van der Waals surface area contributed by atoms with Crippen LogP contribution < -0.4 is 0 Å². The first-order valence-corrected chi connectivity index (χ1v) is 4.29. The van der Waals surface area contributed by atoms with Gasteiger partial charge in [0.25, 0.3) is 0 Å². The summed E-state index contributed by atoms with van der Waals surface area (Å²) in [6, 6.07) is 8.57. The highest BCUT2D eigenvalue weighted by molar-refractivity contribution is 5.24. The molecule has 0 aromatic heterocycles. The lowest BCUT2D eigenvalue weighted by Gasteiger charge is -2.10. The predicted octanol–water partition coefficient (Wildman–Crippen LogP) is 2.74. The lowest BCUT2D eigenvalue weighted by molar-refractivity contribution is 0.184. The number of aryl methyl sites for hydroxylation is 1. The van der Waals surface area contributed by atoms with Crippen LogP contribution in [-0.4, -0.2) is 13.7 Å². The average Bonchev–Trinajstić information content (AvgIpc) is 2.05. The Kier molecular flexibility index (Phi) is 3.30. The van der Waals surface area contributed by atoms with Crippen LogP contribution in [0.25, 0.3) is 0 Å². The van der Waals surface area contributed by atoms with E-state index < -0.39 is 0 Å². The highest BCUT2D eigenvalue weighted by atomic mass is 16.5. The summed E-state index contributed by atoms with van der Waals surface area (Å²) in [5.41, 5.74) is 2.67. The van der Waals surface area contributed by atoms with Crippen LogP contribution in [0, 0.1) is 6.92 Å². The third-order valence-corrected chi connectivity index (χ3v) is 2.03. The topological polar surface area (TPSA) is 9.23 Å². The molecule has 0 saturated heterocycles. The van der Waals surface area contributed by atoms with Crippen molar-refractivity contribution in [3.05, 3.63) is 35.4 Å². The molecular formula is C11H16O. The van der Waals surface area contributed by atoms with Gasteiger partial charge in [0.2, 0.25) is 0 Å². The Morgan fingerprint density at radius 3 is 2.75 bits per heavy atom. The molecule has 0 amide bonds. The maximum absolute atomic E-state index is 5.10. The normalized spacial score (nSPS) is 12.9. The van der Waals surface area contributed by atoms with Crippen molar-refractivity contribution < 1.29 is 4.74 Å². The van der Waals surface area contributed by atoms with Crippen molar-refractivity contribution in [2.45, 2.75) is 19.8 Å². The number of rotatable bonds is 3. The van der Waals surface area contributed by atoms with E-state index in [4.69, 9.17) is 4.74 Å². The van der Waals surface area contributed by atoms with Crippen molar-refractivity contribution in [3.8, 4) is 0 Å². The molecule has 0 radical (unpaired) electrons. The van der Waals surface area contributed by atoms with Crippen molar-refractivity contribution >= 4 is 0 Å². The van der Waals surface area contributed by atoms with E-state index in [0.717, 1.165) is 6.61 Å². The molecule has 0 fully saturated rings. The van der Waals surface area contributed by atoms with Gasteiger partial charge in [-0.05, 0) is 12.5 Å². The zero-order valence-electron chi connectivity index (χ0n) is 8.00. The molecule has 0 aliphatic heterocycles. The molecule has 1 atom stereocenters. The maximum atomic E-state index is 5.10. The molecule has 66 valence electrons. The lowest BCUT2D eigenvalue weighted by Crippen LogP contribution is -2.01. The van der Waals surface area contributed by atoms with Crippen LogP contribution >= 0.6 is 0 Å². The van der Waals surface area contributed by atoms with Crippen LogP contribution in [0.15, 0.2) is 24.3 Å². The van der Waals surface area contributed by atoms with E-state index in [1.54, 1.807) is 7.11 Å². The number of benzene rings is 1. The molecule has 1 nitrogen and oxygen atoms in total. The zero-order valence-corrected chi connectivity index (χ0v) is 8.00. The van der Waals surface area contributed by atoms with Gasteiger partial charge in [0.05, 0.1) is 6.61 Å². The molecule has 1 aromatic carbocycles. The number of hydrogen-bond donors (Lipinski definition) is 0. The van der Waals surface area contributed by atoms with Crippen molar-refractivity contribution in [3.63, 3.8) is 0 Å². The largest absolute Gasteiger partial charge is 0.384 e. The first-order valence-electron chi connectivity index (χ1n) is 4.29. The first kappa shape index (κ1) is 9.27. The Labute approximate surface area is 74.4 Å². The molecule has 1 aromatic rings. The summed E-state index contributed by atoms with van der Waals surface area (Å²) in [5, 5.41) is 0. The number of hydrogen-bond acceptors (Lipinski definition) is 1. The monoisotopic (exact) mass is 164 g/mol. The molecule has 0 aliphatic rings. The molecule has 0 aliphatic carbocycles. The molecule has 0 N–H and O–H groups in total. The Balaban J connectivity index is 2.73. The van der Waals surface area contributed by atoms with Crippen molar-refractivity contribution in [2.24, 2.45) is 0 Å². The zero-order chi connectivity index (χ0) is 8.97. The first-order chi connectivity index (χ1) is 5.74. The SMILES string of the molecule is COCC(C)c1cccc(C)c1. The molecule has 1 heteroatoms. The van der Waals surface area contributed by atoms with Gasteiger partial charge in [0.1, 0.15) is 0 Å². The van der Waals surface area contributed by atoms with E-state index in [9.17, 15) is 0 Å². The highest BCUT2D eigenvalue weighted by Gasteiger charge is 2.03. The molecule has 1 unspecified atom stereocenters. The van der Waals surface area contributed by atoms with Crippen LogP contribution in [0.3, 0.4) is 0 Å². The van der Waals surface area contributed by atoms with Gasteiger partial charge in [-0.1, -0.05) is 36.8 Å². The van der Waals surface area contributed by atoms with Crippen LogP contribution in [0.2, 0.25) is 0 Å². The minimum Gasteiger partial charge on any atom is -0.384 e. The second-order valence-electron chi connectivity index (χ2n) is 3.27. The van der Waals surface area contributed by atoms with Crippen LogP contribution in [0.4, 0.5) is 0 Å². The quantitative estimate of drug-likeness (QED) is 0.667. The van der Waals surface area contributed by atoms with Crippen molar-refractivity contribution in [1.29, 1.82) is 0 Å². The van der Waals surface area contributed by atoms with E-state index in [1.165, 1.54) is 11.1 Å². The molecule has 0 bridgehead atoms. The van der Waals surface area contributed by atoms with Crippen molar-refractivity contribution in [2.75, 3.05) is 13.7 Å². The molecule has 0 heterocycles. The fourth-order valence-electron chi connectivity index (χ4n) is 1.32. The summed E-state index contributed by atoms with van der Waals surface area (Å²) >= 11 is 0. The minimum atomic E-state index is 0.495. The van der Waals surface area contributed by atoms with Gasteiger partial charge >= 0.3 is 0 Å². The summed E-state index contributed by atoms with van der Waals surface area (Å²) in [5.74, 6) is 0.495. The summed E-state index contributed by atoms with van der Waals surface area (Å²) in [7, 11) is 1.74. The van der Waals surface area contributed by atoms with E-state index in [1.807, 2.05) is 0 Å². The summed E-state index contributed by atoms with van der Waals surface area (Å²) in [6.45, 7) is 5.09. The fraction of sp³-hybridized carbons (Fsp3) is 0.455. The fourth-order valence-corrected chi connectivity index (χ4v) is 1.32. The summed E-state index contributed by atoms with van der Waals surface area (Å²) in [6.07, 6.45) is 0. The Morgan fingerprint density at radius 1 is 1.42 bits per heavy atom. The Hall–Kier alpha value is -0.820. The third kappa shape index (κ3) is 2.35. The molecular weight excluding hydrogens is 148 g/mol. The maximum Gasteiger partial charge on any atom is 0.0528 e. The van der Waals surface area contributed by atoms with Crippen LogP contribution in [0.1, 0.15) is 24.0 Å². The van der Waals surface area contributed by atoms with E-state index in [-0.39, 0.29) is 0 Å². The average molecular weight is 164 g/mol. The molecule has 1 rings (SSSR count). The van der Waals surface area contributed by atoms with Gasteiger partial charge in [-0.25, -0.2) is 0 Å².